The maximum atomic E-state index is 12.9. The molecule has 0 aliphatic carbocycles. The number of alkyl halides is 3. The number of nitrogens with zero attached hydrogens (tertiary/aromatic N) is 1. The molecule has 1 N–H and O–H groups in total. The largest absolute Gasteiger partial charge is 0.455 e. The van der Waals surface area contributed by atoms with Gasteiger partial charge >= 0.3 is 12.1 Å². The van der Waals surface area contributed by atoms with Crippen LogP contribution >= 0.6 is 11.8 Å². The number of rotatable bonds is 10. The number of esters is 1. The lowest BCUT2D eigenvalue weighted by atomic mass is 10.2. The predicted molar refractivity (Wildman–Crippen MR) is 116 cm³/mol. The van der Waals surface area contributed by atoms with Crippen LogP contribution in [0.3, 0.4) is 0 Å². The number of hydrogen-bond donors (Lipinski definition) is 1. The van der Waals surface area contributed by atoms with Crippen LogP contribution in [-0.2, 0) is 25.7 Å². The fraction of sp³-hybridized carbons (Fsp3) is 0.318. The standard InChI is InChI=1S/C22H22F4N2O4S/c1-15(33-13-19(29)27-18-9-7-17(23)8-10-18)21(31)32-12-20(30)28(14-22(24,25)26)11-16-5-3-2-4-6-16/h2-10,15H,11-14H2,1H3,(H,27,29). The van der Waals surface area contributed by atoms with Crippen molar-refractivity contribution in [3.63, 3.8) is 0 Å². The molecule has 2 aromatic rings. The van der Waals surface area contributed by atoms with Gasteiger partial charge in [-0.15, -0.1) is 11.8 Å². The van der Waals surface area contributed by atoms with Crippen LogP contribution in [0.15, 0.2) is 54.6 Å². The van der Waals surface area contributed by atoms with Crippen molar-refractivity contribution in [2.75, 3.05) is 24.2 Å². The number of carbonyl (C=O) groups excluding carboxylic acids is 3. The fourth-order valence-electron chi connectivity index (χ4n) is 2.59. The first-order valence-corrected chi connectivity index (χ1v) is 10.8. The molecule has 1 unspecified atom stereocenters. The third-order valence-corrected chi connectivity index (χ3v) is 5.32. The van der Waals surface area contributed by atoms with Crippen LogP contribution in [0.25, 0.3) is 0 Å². The summed E-state index contributed by atoms with van der Waals surface area (Å²) in [7, 11) is 0. The summed E-state index contributed by atoms with van der Waals surface area (Å²) in [6.45, 7) is -1.18. The van der Waals surface area contributed by atoms with Crippen molar-refractivity contribution in [2.24, 2.45) is 0 Å². The van der Waals surface area contributed by atoms with Crippen LogP contribution < -0.4 is 5.32 Å². The molecule has 1 atom stereocenters. The van der Waals surface area contributed by atoms with Gasteiger partial charge in [-0.1, -0.05) is 30.3 Å². The van der Waals surface area contributed by atoms with Gasteiger partial charge in [0, 0.05) is 12.2 Å². The summed E-state index contributed by atoms with van der Waals surface area (Å²) < 4.78 is 56.4. The Morgan fingerprint density at radius 1 is 1.06 bits per heavy atom. The first-order chi connectivity index (χ1) is 15.5. The second-order valence-electron chi connectivity index (χ2n) is 6.97. The van der Waals surface area contributed by atoms with Crippen LogP contribution in [0.2, 0.25) is 0 Å². The van der Waals surface area contributed by atoms with Crippen LogP contribution in [0.5, 0.6) is 0 Å². The Bertz CT molecular complexity index is 940. The molecule has 0 fully saturated rings. The Kier molecular flexibility index (Phi) is 9.71. The van der Waals surface area contributed by atoms with E-state index in [4.69, 9.17) is 4.74 Å². The summed E-state index contributed by atoms with van der Waals surface area (Å²) >= 11 is 0.922. The SMILES string of the molecule is CC(SCC(=O)Nc1ccc(F)cc1)C(=O)OCC(=O)N(Cc1ccccc1)CC(F)(F)F. The van der Waals surface area contributed by atoms with Crippen molar-refractivity contribution < 1.29 is 36.7 Å². The average Bonchev–Trinajstić information content (AvgIpc) is 2.76. The number of amides is 2. The molecule has 0 spiro atoms. The molecule has 2 rings (SSSR count). The first kappa shape index (κ1) is 26.2. The fourth-order valence-corrected chi connectivity index (χ4v) is 3.27. The summed E-state index contributed by atoms with van der Waals surface area (Å²) in [5.41, 5.74) is 0.878. The second kappa shape index (κ2) is 12.2. The Balaban J connectivity index is 1.82. The van der Waals surface area contributed by atoms with E-state index in [0.29, 0.717) is 16.2 Å². The van der Waals surface area contributed by atoms with E-state index >= 15 is 0 Å². The van der Waals surface area contributed by atoms with Gasteiger partial charge in [-0.25, -0.2) is 4.39 Å². The van der Waals surface area contributed by atoms with Crippen molar-refractivity contribution in [3.8, 4) is 0 Å². The third-order valence-electron chi connectivity index (χ3n) is 4.20. The third kappa shape index (κ3) is 9.94. The Labute approximate surface area is 192 Å². The zero-order chi connectivity index (χ0) is 24.4. The van der Waals surface area contributed by atoms with E-state index < -0.39 is 48.2 Å². The summed E-state index contributed by atoms with van der Waals surface area (Å²) in [6, 6.07) is 13.2. The number of anilines is 1. The van der Waals surface area contributed by atoms with Crippen molar-refractivity contribution in [2.45, 2.75) is 24.9 Å². The van der Waals surface area contributed by atoms with E-state index in [2.05, 4.69) is 5.32 Å². The van der Waals surface area contributed by atoms with Crippen LogP contribution in [0.1, 0.15) is 12.5 Å². The summed E-state index contributed by atoms with van der Waals surface area (Å²) in [6.07, 6.45) is -4.62. The van der Waals surface area contributed by atoms with E-state index in [-0.39, 0.29) is 12.3 Å². The molecule has 2 amide bonds. The molecule has 6 nitrogen and oxygen atoms in total. The van der Waals surface area contributed by atoms with E-state index in [1.807, 2.05) is 0 Å². The Hall–Kier alpha value is -3.08. The Morgan fingerprint density at radius 3 is 2.30 bits per heavy atom. The predicted octanol–water partition coefficient (Wildman–Crippen LogP) is 4.02. The first-order valence-electron chi connectivity index (χ1n) is 9.75. The zero-order valence-electron chi connectivity index (χ0n) is 17.6. The lowest BCUT2D eigenvalue weighted by Crippen LogP contribution is -2.41. The molecule has 178 valence electrons. The minimum absolute atomic E-state index is 0.129. The van der Waals surface area contributed by atoms with Gasteiger partial charge < -0.3 is 15.0 Å². The molecule has 0 saturated heterocycles. The molecule has 0 heterocycles. The number of halogens is 4. The van der Waals surface area contributed by atoms with E-state index in [0.717, 1.165) is 11.8 Å². The Morgan fingerprint density at radius 2 is 1.70 bits per heavy atom. The summed E-state index contributed by atoms with van der Waals surface area (Å²) in [4.78, 5) is 36.9. The van der Waals surface area contributed by atoms with E-state index in [1.165, 1.54) is 31.2 Å². The van der Waals surface area contributed by atoms with E-state index in [9.17, 15) is 31.9 Å². The number of nitrogens with one attached hydrogen (secondary N) is 1. The van der Waals surface area contributed by atoms with Crippen LogP contribution in [-0.4, -0.2) is 53.0 Å². The summed E-state index contributed by atoms with van der Waals surface area (Å²) in [5, 5.41) is 1.68. The molecular formula is C22H22F4N2O4S. The molecule has 11 heteroatoms. The normalized spacial score (nSPS) is 12.0. The summed E-state index contributed by atoms with van der Waals surface area (Å²) in [5.74, 6) is -2.85. The maximum absolute atomic E-state index is 12.9. The van der Waals surface area contributed by atoms with Crippen molar-refractivity contribution in [3.05, 3.63) is 66.0 Å². The van der Waals surface area contributed by atoms with Gasteiger partial charge in [-0.3, -0.25) is 14.4 Å². The van der Waals surface area contributed by atoms with Crippen molar-refractivity contribution >= 4 is 35.2 Å². The number of hydrogen-bond acceptors (Lipinski definition) is 5. The van der Waals surface area contributed by atoms with E-state index in [1.54, 1.807) is 30.3 Å². The van der Waals surface area contributed by atoms with Crippen molar-refractivity contribution in [1.29, 1.82) is 0 Å². The molecule has 2 aromatic carbocycles. The molecule has 0 saturated carbocycles. The lowest BCUT2D eigenvalue weighted by molar-refractivity contribution is -0.167. The molecule has 0 aliphatic heterocycles. The van der Waals surface area contributed by atoms with Gasteiger partial charge in [0.15, 0.2) is 6.61 Å². The number of thioether (sulfide) groups is 1. The number of benzene rings is 2. The molecule has 0 bridgehead atoms. The monoisotopic (exact) mass is 486 g/mol. The van der Waals surface area contributed by atoms with Crippen LogP contribution in [0.4, 0.5) is 23.2 Å². The molecular weight excluding hydrogens is 464 g/mol. The highest BCUT2D eigenvalue weighted by molar-refractivity contribution is 8.01. The van der Waals surface area contributed by atoms with Gasteiger partial charge in [0.1, 0.15) is 17.6 Å². The highest BCUT2D eigenvalue weighted by atomic mass is 32.2. The lowest BCUT2D eigenvalue weighted by Gasteiger charge is -2.24. The molecule has 33 heavy (non-hydrogen) atoms. The maximum Gasteiger partial charge on any atom is 0.406 e. The van der Waals surface area contributed by atoms with Gasteiger partial charge in [0.2, 0.25) is 5.91 Å². The smallest absolute Gasteiger partial charge is 0.406 e. The zero-order valence-corrected chi connectivity index (χ0v) is 18.4. The molecule has 0 aromatic heterocycles. The molecule has 0 aliphatic rings. The topological polar surface area (TPSA) is 75.7 Å². The minimum Gasteiger partial charge on any atom is -0.455 e. The highest BCUT2D eigenvalue weighted by Gasteiger charge is 2.33. The second-order valence-corrected chi connectivity index (χ2v) is 8.30. The minimum atomic E-state index is -4.62. The molecule has 0 radical (unpaired) electrons. The number of ether oxygens (including phenoxy) is 1. The van der Waals surface area contributed by atoms with Gasteiger partial charge in [-0.05, 0) is 36.8 Å². The quantitative estimate of drug-likeness (QED) is 0.406. The van der Waals surface area contributed by atoms with Crippen LogP contribution in [0, 0.1) is 5.82 Å². The van der Waals surface area contributed by atoms with Gasteiger partial charge in [0.05, 0.1) is 5.75 Å². The van der Waals surface area contributed by atoms with Crippen molar-refractivity contribution in [1.82, 2.24) is 4.90 Å². The average molecular weight is 486 g/mol. The van der Waals surface area contributed by atoms with Gasteiger partial charge in [0.25, 0.3) is 5.91 Å². The highest BCUT2D eigenvalue weighted by Crippen LogP contribution is 2.19. The number of carbonyl (C=O) groups is 3. The van der Waals surface area contributed by atoms with Gasteiger partial charge in [-0.2, -0.15) is 13.2 Å².